The highest BCUT2D eigenvalue weighted by atomic mass is 16.5. The van der Waals surface area contributed by atoms with E-state index in [1.807, 2.05) is 31.2 Å². The minimum atomic E-state index is -0.0699. The van der Waals surface area contributed by atoms with Gasteiger partial charge in [0.15, 0.2) is 0 Å². The molecule has 2 rings (SSSR count). The molecule has 5 heteroatoms. The summed E-state index contributed by atoms with van der Waals surface area (Å²) in [6, 6.07) is 14.3. The zero-order chi connectivity index (χ0) is 18.2. The van der Waals surface area contributed by atoms with Gasteiger partial charge in [0, 0.05) is 19.2 Å². The third kappa shape index (κ3) is 5.22. The number of carbonyl (C=O) groups excluding carboxylic acids is 1. The van der Waals surface area contributed by atoms with E-state index < -0.39 is 0 Å². The molecule has 0 aliphatic carbocycles. The van der Waals surface area contributed by atoms with Crippen molar-refractivity contribution in [3.63, 3.8) is 0 Å². The average Bonchev–Trinajstić information content (AvgIpc) is 2.62. The van der Waals surface area contributed by atoms with Crippen molar-refractivity contribution in [2.45, 2.75) is 25.9 Å². The molecule has 0 bridgehead atoms. The van der Waals surface area contributed by atoms with Crippen LogP contribution in [0.1, 0.15) is 18.1 Å². The lowest BCUT2D eigenvalue weighted by atomic mass is 10.1. The molecular weight excluding hydrogens is 318 g/mol. The maximum absolute atomic E-state index is 12.9. The van der Waals surface area contributed by atoms with E-state index in [4.69, 9.17) is 9.47 Å². The van der Waals surface area contributed by atoms with Gasteiger partial charge in [0.1, 0.15) is 11.5 Å². The summed E-state index contributed by atoms with van der Waals surface area (Å²) >= 11 is 0. The molecule has 5 nitrogen and oxygen atoms in total. The SMILES string of the molecule is COC[C@H](C)N(Cc1ccccc1OC)C(=O)Cc1ccc(O)cc1. The molecule has 25 heavy (non-hydrogen) atoms. The second-order valence-electron chi connectivity index (χ2n) is 5.98. The monoisotopic (exact) mass is 343 g/mol. The number of hydrogen-bond donors (Lipinski definition) is 1. The zero-order valence-electron chi connectivity index (χ0n) is 14.9. The Morgan fingerprint density at radius 2 is 1.80 bits per heavy atom. The van der Waals surface area contributed by atoms with Crippen LogP contribution < -0.4 is 4.74 Å². The Labute approximate surface area is 148 Å². The molecule has 0 heterocycles. The van der Waals surface area contributed by atoms with Gasteiger partial charge in [0.25, 0.3) is 0 Å². The highest BCUT2D eigenvalue weighted by Gasteiger charge is 2.22. The van der Waals surface area contributed by atoms with Gasteiger partial charge in [-0.15, -0.1) is 0 Å². The van der Waals surface area contributed by atoms with Crippen molar-refractivity contribution in [2.75, 3.05) is 20.8 Å². The van der Waals surface area contributed by atoms with E-state index >= 15 is 0 Å². The summed E-state index contributed by atoms with van der Waals surface area (Å²) in [6.07, 6.45) is 0.267. The number of aromatic hydroxyl groups is 1. The molecule has 0 aliphatic rings. The number of rotatable bonds is 8. The molecule has 1 amide bonds. The van der Waals surface area contributed by atoms with Gasteiger partial charge >= 0.3 is 0 Å². The van der Waals surface area contributed by atoms with Crippen molar-refractivity contribution in [3.8, 4) is 11.5 Å². The lowest BCUT2D eigenvalue weighted by Gasteiger charge is -2.29. The van der Waals surface area contributed by atoms with Gasteiger partial charge in [-0.2, -0.15) is 0 Å². The maximum atomic E-state index is 12.9. The number of carbonyl (C=O) groups is 1. The van der Waals surface area contributed by atoms with Gasteiger partial charge in [-0.25, -0.2) is 0 Å². The Hall–Kier alpha value is -2.53. The fraction of sp³-hybridized carbons (Fsp3) is 0.350. The summed E-state index contributed by atoms with van der Waals surface area (Å²) in [5.41, 5.74) is 1.81. The molecule has 0 saturated carbocycles. The summed E-state index contributed by atoms with van der Waals surface area (Å²) in [6.45, 7) is 2.87. The predicted octanol–water partition coefficient (Wildman–Crippen LogP) is 3.01. The molecule has 0 spiro atoms. The van der Waals surface area contributed by atoms with E-state index in [0.29, 0.717) is 13.2 Å². The van der Waals surface area contributed by atoms with Crippen LogP contribution >= 0.6 is 0 Å². The number of phenolic OH excluding ortho intramolecular Hbond substituents is 1. The van der Waals surface area contributed by atoms with Crippen LogP contribution in [0.25, 0.3) is 0 Å². The number of ether oxygens (including phenoxy) is 2. The van der Waals surface area contributed by atoms with Crippen LogP contribution in [0.5, 0.6) is 11.5 Å². The molecule has 0 radical (unpaired) electrons. The first-order chi connectivity index (χ1) is 12.0. The van der Waals surface area contributed by atoms with Crippen molar-refractivity contribution >= 4 is 5.91 Å². The van der Waals surface area contributed by atoms with E-state index in [2.05, 4.69) is 0 Å². The first-order valence-electron chi connectivity index (χ1n) is 8.23. The minimum Gasteiger partial charge on any atom is -0.508 e. The van der Waals surface area contributed by atoms with Gasteiger partial charge in [-0.3, -0.25) is 4.79 Å². The lowest BCUT2D eigenvalue weighted by Crippen LogP contribution is -2.41. The average molecular weight is 343 g/mol. The van der Waals surface area contributed by atoms with E-state index in [0.717, 1.165) is 16.9 Å². The van der Waals surface area contributed by atoms with Gasteiger partial charge in [0.2, 0.25) is 5.91 Å². The maximum Gasteiger partial charge on any atom is 0.227 e. The van der Waals surface area contributed by atoms with E-state index in [9.17, 15) is 9.90 Å². The summed E-state index contributed by atoms with van der Waals surface area (Å²) in [5.74, 6) is 0.950. The summed E-state index contributed by atoms with van der Waals surface area (Å²) in [7, 11) is 3.25. The number of para-hydroxylation sites is 1. The number of phenols is 1. The highest BCUT2D eigenvalue weighted by molar-refractivity contribution is 5.79. The van der Waals surface area contributed by atoms with E-state index in [-0.39, 0.29) is 24.1 Å². The van der Waals surface area contributed by atoms with E-state index in [1.165, 1.54) is 0 Å². The number of methoxy groups -OCH3 is 2. The fourth-order valence-corrected chi connectivity index (χ4v) is 2.73. The normalized spacial score (nSPS) is 11.8. The number of hydrogen-bond acceptors (Lipinski definition) is 4. The molecule has 0 fully saturated rings. The lowest BCUT2D eigenvalue weighted by molar-refractivity contribution is -0.134. The van der Waals surface area contributed by atoms with Crippen LogP contribution in [-0.4, -0.2) is 42.8 Å². The molecule has 1 N–H and O–H groups in total. The Morgan fingerprint density at radius 1 is 1.12 bits per heavy atom. The number of benzene rings is 2. The summed E-state index contributed by atoms with van der Waals surface area (Å²) in [5, 5.41) is 9.38. The molecule has 0 unspecified atom stereocenters. The molecule has 1 atom stereocenters. The first-order valence-corrected chi connectivity index (χ1v) is 8.23. The number of nitrogens with zero attached hydrogens (tertiary/aromatic N) is 1. The van der Waals surface area contributed by atoms with Gasteiger partial charge < -0.3 is 19.5 Å². The van der Waals surface area contributed by atoms with Crippen LogP contribution in [-0.2, 0) is 22.5 Å². The van der Waals surface area contributed by atoms with E-state index in [1.54, 1.807) is 43.4 Å². The van der Waals surface area contributed by atoms with Gasteiger partial charge in [-0.05, 0) is 30.7 Å². The molecular formula is C20H25NO4. The number of amides is 1. The topological polar surface area (TPSA) is 59.0 Å². The Bertz CT molecular complexity index is 684. The standard InChI is InChI=1S/C20H25NO4/c1-15(14-24-2)21(13-17-6-4-5-7-19(17)25-3)20(23)12-16-8-10-18(22)11-9-16/h4-11,15,22H,12-14H2,1-3H3/t15-/m0/s1. The summed E-state index contributed by atoms with van der Waals surface area (Å²) < 4.78 is 10.6. The van der Waals surface area contributed by atoms with Crippen LogP contribution in [0.3, 0.4) is 0 Å². The third-order valence-corrected chi connectivity index (χ3v) is 4.09. The predicted molar refractivity (Wildman–Crippen MR) is 96.7 cm³/mol. The van der Waals surface area contributed by atoms with Crippen molar-refractivity contribution in [1.82, 2.24) is 4.90 Å². The van der Waals surface area contributed by atoms with Crippen LogP contribution in [0.2, 0.25) is 0 Å². The highest BCUT2D eigenvalue weighted by Crippen LogP contribution is 2.21. The Balaban J connectivity index is 2.19. The van der Waals surface area contributed by atoms with Crippen molar-refractivity contribution in [3.05, 3.63) is 59.7 Å². The van der Waals surface area contributed by atoms with Crippen molar-refractivity contribution in [2.24, 2.45) is 0 Å². The smallest absolute Gasteiger partial charge is 0.227 e. The molecule has 2 aromatic carbocycles. The fourth-order valence-electron chi connectivity index (χ4n) is 2.73. The quantitative estimate of drug-likeness (QED) is 0.800. The molecule has 0 aliphatic heterocycles. The van der Waals surface area contributed by atoms with Crippen LogP contribution in [0.4, 0.5) is 0 Å². The molecule has 0 aromatic heterocycles. The second-order valence-corrected chi connectivity index (χ2v) is 5.98. The van der Waals surface area contributed by atoms with Gasteiger partial charge in [0.05, 0.1) is 26.2 Å². The molecule has 134 valence electrons. The summed E-state index contributed by atoms with van der Waals surface area (Å²) in [4.78, 5) is 14.7. The largest absolute Gasteiger partial charge is 0.508 e. The van der Waals surface area contributed by atoms with Gasteiger partial charge in [-0.1, -0.05) is 30.3 Å². The van der Waals surface area contributed by atoms with Crippen molar-refractivity contribution < 1.29 is 19.4 Å². The van der Waals surface area contributed by atoms with Crippen LogP contribution in [0, 0.1) is 0 Å². The molecule has 0 saturated heterocycles. The first kappa shape index (κ1) is 18.8. The second kappa shape index (κ2) is 9.08. The Morgan fingerprint density at radius 3 is 2.44 bits per heavy atom. The van der Waals surface area contributed by atoms with Crippen molar-refractivity contribution in [1.29, 1.82) is 0 Å². The molecule has 2 aromatic rings. The third-order valence-electron chi connectivity index (χ3n) is 4.09. The Kier molecular flexibility index (Phi) is 6.83. The van der Waals surface area contributed by atoms with Crippen LogP contribution in [0.15, 0.2) is 48.5 Å². The minimum absolute atomic E-state index is 0.00106. The zero-order valence-corrected chi connectivity index (χ0v) is 14.9.